The maximum atomic E-state index is 12.7. The highest BCUT2D eigenvalue weighted by Gasteiger charge is 2.46. The van der Waals surface area contributed by atoms with Crippen LogP contribution in [-0.4, -0.2) is 42.0 Å². The molecule has 0 spiro atoms. The molecule has 0 amide bonds. The van der Waals surface area contributed by atoms with Gasteiger partial charge in [-0.25, -0.2) is 18.4 Å². The minimum atomic E-state index is -3.06. The van der Waals surface area contributed by atoms with Gasteiger partial charge in [-0.15, -0.1) is 11.3 Å². The fourth-order valence-corrected chi connectivity index (χ4v) is 7.57. The topological polar surface area (TPSA) is 63.2 Å². The van der Waals surface area contributed by atoms with Crippen LogP contribution in [-0.2, 0) is 22.7 Å². The number of nitrogens with zero attached hydrogens (tertiary/aromatic N) is 3. The van der Waals surface area contributed by atoms with Crippen LogP contribution in [0.1, 0.15) is 43.6 Å². The Morgan fingerprint density at radius 1 is 1.25 bits per heavy atom. The Bertz CT molecular complexity index is 885. The quantitative estimate of drug-likeness (QED) is 0.837. The lowest BCUT2D eigenvalue weighted by Crippen LogP contribution is -2.56. The summed E-state index contributed by atoms with van der Waals surface area (Å²) < 4.78 is 24.7. The molecule has 3 heterocycles. The van der Waals surface area contributed by atoms with E-state index in [4.69, 9.17) is 0 Å². The third kappa shape index (κ3) is 2.20. The molecule has 7 heteroatoms. The number of hydrogen-bond acceptors (Lipinski definition) is 6. The van der Waals surface area contributed by atoms with Gasteiger partial charge in [-0.2, -0.15) is 0 Å². The first-order valence-electron chi connectivity index (χ1n) is 8.74. The van der Waals surface area contributed by atoms with E-state index >= 15 is 0 Å². The van der Waals surface area contributed by atoms with Gasteiger partial charge in [0.15, 0.2) is 9.84 Å². The van der Waals surface area contributed by atoms with Crippen LogP contribution in [0.2, 0.25) is 0 Å². The molecule has 5 nitrogen and oxygen atoms in total. The van der Waals surface area contributed by atoms with E-state index in [0.29, 0.717) is 25.9 Å². The second-order valence-electron chi connectivity index (χ2n) is 6.87. The molecule has 0 atom stereocenters. The Hall–Kier alpha value is -1.21. The zero-order valence-electron chi connectivity index (χ0n) is 14.2. The Balaban J connectivity index is 1.81. The molecule has 1 aliphatic carbocycles. The lowest BCUT2D eigenvalue weighted by molar-refractivity contribution is 0.458. The third-order valence-corrected chi connectivity index (χ3v) is 9.78. The monoisotopic (exact) mass is 365 g/mol. The molecule has 2 aromatic heterocycles. The molecule has 0 N–H and O–H groups in total. The molecule has 0 saturated carbocycles. The van der Waals surface area contributed by atoms with E-state index in [0.717, 1.165) is 23.5 Å². The number of aryl methyl sites for hydroxylation is 2. The van der Waals surface area contributed by atoms with Crippen molar-refractivity contribution in [3.05, 3.63) is 16.8 Å². The van der Waals surface area contributed by atoms with Crippen LogP contribution < -0.4 is 4.90 Å². The average molecular weight is 366 g/mol. The van der Waals surface area contributed by atoms with Crippen molar-refractivity contribution >= 4 is 37.2 Å². The molecule has 0 aromatic carbocycles. The number of hydrogen-bond donors (Lipinski definition) is 0. The standard InChI is InChI=1S/C17H23N3O2S2/c1-3-17(4-2)10-20(8-9-24(17,21)22)15-14-12-6-5-7-13(12)23-16(14)19-11-18-15/h11H,3-10H2,1-2H3. The van der Waals surface area contributed by atoms with Crippen molar-refractivity contribution in [3.8, 4) is 0 Å². The van der Waals surface area contributed by atoms with Gasteiger partial charge < -0.3 is 4.90 Å². The number of anilines is 1. The molecule has 4 rings (SSSR count). The second-order valence-corrected chi connectivity index (χ2v) is 10.5. The van der Waals surface area contributed by atoms with Gasteiger partial charge in [-0.3, -0.25) is 0 Å². The first-order chi connectivity index (χ1) is 11.5. The number of sulfone groups is 1. The minimum absolute atomic E-state index is 0.215. The second kappa shape index (κ2) is 5.66. The summed E-state index contributed by atoms with van der Waals surface area (Å²) >= 11 is 1.78. The van der Waals surface area contributed by atoms with Gasteiger partial charge in [-0.05, 0) is 37.7 Å². The van der Waals surface area contributed by atoms with Crippen LogP contribution in [0.3, 0.4) is 0 Å². The molecule has 24 heavy (non-hydrogen) atoms. The SMILES string of the molecule is CCC1(CC)CN(c2ncnc3sc4c(c23)CCC4)CCS1(=O)=O. The maximum Gasteiger partial charge on any atom is 0.159 e. The van der Waals surface area contributed by atoms with Crippen LogP contribution in [0.25, 0.3) is 10.2 Å². The normalized spacial score (nSPS) is 22.0. The molecule has 1 fully saturated rings. The molecule has 2 aliphatic rings. The summed E-state index contributed by atoms with van der Waals surface area (Å²) in [5, 5.41) is 1.18. The van der Waals surface area contributed by atoms with Crippen LogP contribution in [0.5, 0.6) is 0 Å². The van der Waals surface area contributed by atoms with Gasteiger partial charge in [0.05, 0.1) is 15.9 Å². The van der Waals surface area contributed by atoms with Crippen LogP contribution in [0.4, 0.5) is 5.82 Å². The fourth-order valence-electron chi connectivity index (χ4n) is 4.22. The van der Waals surface area contributed by atoms with Gasteiger partial charge in [0.25, 0.3) is 0 Å². The van der Waals surface area contributed by atoms with E-state index in [1.54, 1.807) is 17.7 Å². The van der Waals surface area contributed by atoms with Gasteiger partial charge in [0, 0.05) is 18.0 Å². The van der Waals surface area contributed by atoms with E-state index in [9.17, 15) is 8.42 Å². The van der Waals surface area contributed by atoms with Crippen molar-refractivity contribution in [1.82, 2.24) is 9.97 Å². The van der Waals surface area contributed by atoms with E-state index in [-0.39, 0.29) is 5.75 Å². The molecular formula is C17H23N3O2S2. The van der Waals surface area contributed by atoms with E-state index in [1.807, 2.05) is 13.8 Å². The molecular weight excluding hydrogens is 342 g/mol. The summed E-state index contributed by atoms with van der Waals surface area (Å²) in [5.74, 6) is 1.16. The van der Waals surface area contributed by atoms with Crippen LogP contribution >= 0.6 is 11.3 Å². The number of thiophene rings is 1. The van der Waals surface area contributed by atoms with Crippen molar-refractivity contribution < 1.29 is 8.42 Å². The maximum absolute atomic E-state index is 12.7. The van der Waals surface area contributed by atoms with Crippen LogP contribution in [0.15, 0.2) is 6.33 Å². The van der Waals surface area contributed by atoms with Crippen molar-refractivity contribution in [1.29, 1.82) is 0 Å². The number of aromatic nitrogens is 2. The van der Waals surface area contributed by atoms with E-state index in [1.165, 1.54) is 22.2 Å². The first-order valence-corrected chi connectivity index (χ1v) is 11.2. The highest BCUT2D eigenvalue weighted by molar-refractivity contribution is 7.92. The van der Waals surface area contributed by atoms with Gasteiger partial charge in [-0.1, -0.05) is 13.8 Å². The molecule has 1 saturated heterocycles. The zero-order chi connectivity index (χ0) is 16.9. The van der Waals surface area contributed by atoms with Gasteiger partial charge >= 0.3 is 0 Å². The number of fused-ring (bicyclic) bond motifs is 3. The molecule has 1 aliphatic heterocycles. The molecule has 2 aromatic rings. The van der Waals surface area contributed by atoms with E-state index in [2.05, 4.69) is 14.9 Å². The molecule has 130 valence electrons. The molecule has 0 bridgehead atoms. The highest BCUT2D eigenvalue weighted by Crippen LogP contribution is 2.42. The largest absolute Gasteiger partial charge is 0.353 e. The Labute approximate surface area is 147 Å². The summed E-state index contributed by atoms with van der Waals surface area (Å²) in [4.78, 5) is 13.7. The highest BCUT2D eigenvalue weighted by atomic mass is 32.2. The predicted octanol–water partition coefficient (Wildman–Crippen LogP) is 2.97. The first kappa shape index (κ1) is 16.3. The average Bonchev–Trinajstić information content (AvgIpc) is 3.15. The van der Waals surface area contributed by atoms with Crippen molar-refractivity contribution in [2.45, 2.75) is 50.7 Å². The Kier molecular flexibility index (Phi) is 3.84. The predicted molar refractivity (Wildman–Crippen MR) is 98.8 cm³/mol. The van der Waals surface area contributed by atoms with Crippen molar-refractivity contribution in [2.24, 2.45) is 0 Å². The lowest BCUT2D eigenvalue weighted by atomic mass is 10.0. The summed E-state index contributed by atoms with van der Waals surface area (Å²) in [7, 11) is -3.06. The zero-order valence-corrected chi connectivity index (χ0v) is 15.8. The van der Waals surface area contributed by atoms with Gasteiger partial charge in [0.2, 0.25) is 0 Å². The Morgan fingerprint density at radius 2 is 2.04 bits per heavy atom. The lowest BCUT2D eigenvalue weighted by Gasteiger charge is -2.42. The van der Waals surface area contributed by atoms with Crippen molar-refractivity contribution in [2.75, 3.05) is 23.7 Å². The van der Waals surface area contributed by atoms with Crippen molar-refractivity contribution in [3.63, 3.8) is 0 Å². The molecule has 0 unspecified atom stereocenters. The summed E-state index contributed by atoms with van der Waals surface area (Å²) in [5.41, 5.74) is 1.40. The third-order valence-electron chi connectivity index (χ3n) is 5.84. The summed E-state index contributed by atoms with van der Waals surface area (Å²) in [6, 6.07) is 0. The smallest absolute Gasteiger partial charge is 0.159 e. The number of rotatable bonds is 3. The summed E-state index contributed by atoms with van der Waals surface area (Å²) in [6.07, 6.45) is 6.36. The van der Waals surface area contributed by atoms with Gasteiger partial charge in [0.1, 0.15) is 17.0 Å². The molecule has 0 radical (unpaired) electrons. The van der Waals surface area contributed by atoms with Crippen LogP contribution in [0, 0.1) is 0 Å². The summed E-state index contributed by atoms with van der Waals surface area (Å²) in [6.45, 7) is 5.05. The minimum Gasteiger partial charge on any atom is -0.353 e. The Morgan fingerprint density at radius 3 is 2.79 bits per heavy atom. The fraction of sp³-hybridized carbons (Fsp3) is 0.647. The van der Waals surface area contributed by atoms with E-state index < -0.39 is 14.6 Å².